The summed E-state index contributed by atoms with van der Waals surface area (Å²) < 4.78 is 0. The van der Waals surface area contributed by atoms with Crippen molar-refractivity contribution in [2.75, 3.05) is 17.2 Å². The number of amides is 1. The molecule has 0 saturated heterocycles. The summed E-state index contributed by atoms with van der Waals surface area (Å²) in [6.07, 6.45) is 0.940. The summed E-state index contributed by atoms with van der Waals surface area (Å²) >= 11 is 0. The first-order valence-corrected chi connectivity index (χ1v) is 5.71. The number of carbonyl (C=O) groups excluding carboxylic acids is 1. The number of nitrogen functional groups attached to an aromatic ring is 1. The van der Waals surface area contributed by atoms with Gasteiger partial charge in [0.2, 0.25) is 5.91 Å². The van der Waals surface area contributed by atoms with Crippen LogP contribution in [-0.4, -0.2) is 12.5 Å². The van der Waals surface area contributed by atoms with E-state index in [1.54, 1.807) is 0 Å². The van der Waals surface area contributed by atoms with Gasteiger partial charge >= 0.3 is 0 Å². The fraction of sp³-hybridized carbons (Fsp3) is 0.462. The predicted octanol–water partition coefficient (Wildman–Crippen LogP) is 2.30. The maximum Gasteiger partial charge on any atom is 0.237 e. The Labute approximate surface area is 96.2 Å². The van der Waals surface area contributed by atoms with E-state index in [1.165, 1.54) is 0 Å². The Morgan fingerprint density at radius 2 is 2.06 bits per heavy atom. The van der Waals surface area contributed by atoms with Crippen LogP contribution in [0.25, 0.3) is 0 Å². The fourth-order valence-corrected chi connectivity index (χ4v) is 2.36. The number of nitrogens with two attached hydrogens (primary N) is 1. The highest BCUT2D eigenvalue weighted by atomic mass is 16.2. The van der Waals surface area contributed by atoms with E-state index in [2.05, 4.69) is 6.92 Å². The number of nitrogens with zero attached hydrogens (tertiary/aromatic N) is 1. The second kappa shape index (κ2) is 3.51. The van der Waals surface area contributed by atoms with Gasteiger partial charge in [0, 0.05) is 6.54 Å². The van der Waals surface area contributed by atoms with Crippen molar-refractivity contribution >= 4 is 17.3 Å². The molecule has 0 saturated carbocycles. The summed E-state index contributed by atoms with van der Waals surface area (Å²) in [5.74, 6) is 0.155. The van der Waals surface area contributed by atoms with E-state index >= 15 is 0 Å². The van der Waals surface area contributed by atoms with Gasteiger partial charge in [-0.05, 0) is 31.9 Å². The summed E-state index contributed by atoms with van der Waals surface area (Å²) in [4.78, 5) is 14.1. The monoisotopic (exact) mass is 218 g/mol. The van der Waals surface area contributed by atoms with Crippen LogP contribution in [0.15, 0.2) is 18.2 Å². The Balaban J connectivity index is 2.61. The van der Waals surface area contributed by atoms with E-state index < -0.39 is 5.41 Å². The molecule has 3 nitrogen and oxygen atoms in total. The molecular formula is C13H18N2O. The number of anilines is 2. The quantitative estimate of drug-likeness (QED) is 0.774. The SMILES string of the molecule is CCCN1C(=O)C(C)(C)c2cccc(N)c21. The van der Waals surface area contributed by atoms with Gasteiger partial charge in [0.25, 0.3) is 0 Å². The van der Waals surface area contributed by atoms with E-state index in [4.69, 9.17) is 5.73 Å². The molecule has 0 fully saturated rings. The standard InChI is InChI=1S/C13H18N2O/c1-4-8-15-11-9(6-5-7-10(11)14)13(2,3)12(15)16/h5-7H,4,8,14H2,1-3H3. The number of para-hydroxylation sites is 1. The van der Waals surface area contributed by atoms with Gasteiger partial charge in [0.05, 0.1) is 16.8 Å². The molecule has 1 heterocycles. The van der Waals surface area contributed by atoms with Crippen LogP contribution in [0, 0.1) is 0 Å². The number of benzene rings is 1. The van der Waals surface area contributed by atoms with Gasteiger partial charge in [0.15, 0.2) is 0 Å². The molecule has 0 aromatic heterocycles. The van der Waals surface area contributed by atoms with Crippen LogP contribution in [0.4, 0.5) is 11.4 Å². The Bertz CT molecular complexity index is 438. The molecule has 0 atom stereocenters. The summed E-state index contributed by atoms with van der Waals surface area (Å²) in [7, 11) is 0. The van der Waals surface area contributed by atoms with Gasteiger partial charge < -0.3 is 10.6 Å². The lowest BCUT2D eigenvalue weighted by atomic mass is 9.86. The lowest BCUT2D eigenvalue weighted by Gasteiger charge is -2.20. The lowest BCUT2D eigenvalue weighted by Crippen LogP contribution is -2.36. The second-order valence-electron chi connectivity index (χ2n) is 4.83. The van der Waals surface area contributed by atoms with Gasteiger partial charge in [-0.2, -0.15) is 0 Å². The summed E-state index contributed by atoms with van der Waals surface area (Å²) in [6, 6.07) is 5.77. The third-order valence-electron chi connectivity index (χ3n) is 3.24. The summed E-state index contributed by atoms with van der Waals surface area (Å²) in [5, 5.41) is 0. The Morgan fingerprint density at radius 1 is 1.38 bits per heavy atom. The van der Waals surface area contributed by atoms with Crippen molar-refractivity contribution in [3.05, 3.63) is 23.8 Å². The molecule has 1 aliphatic rings. The summed E-state index contributed by atoms with van der Waals surface area (Å²) in [5.41, 5.74) is 8.20. The average Bonchev–Trinajstić information content (AvgIpc) is 2.42. The van der Waals surface area contributed by atoms with Gasteiger partial charge in [0.1, 0.15) is 0 Å². The molecule has 0 aliphatic carbocycles. The van der Waals surface area contributed by atoms with E-state index in [-0.39, 0.29) is 5.91 Å². The molecular weight excluding hydrogens is 200 g/mol. The number of carbonyl (C=O) groups is 1. The number of fused-ring (bicyclic) bond motifs is 1. The van der Waals surface area contributed by atoms with Gasteiger partial charge in [-0.1, -0.05) is 19.1 Å². The van der Waals surface area contributed by atoms with Crippen molar-refractivity contribution in [1.82, 2.24) is 0 Å². The first kappa shape index (κ1) is 11.0. The van der Waals surface area contributed by atoms with Crippen LogP contribution < -0.4 is 10.6 Å². The molecule has 2 rings (SSSR count). The van der Waals surface area contributed by atoms with Gasteiger partial charge in [-0.15, -0.1) is 0 Å². The minimum atomic E-state index is -0.445. The van der Waals surface area contributed by atoms with Crippen LogP contribution >= 0.6 is 0 Å². The van der Waals surface area contributed by atoms with Gasteiger partial charge in [-0.3, -0.25) is 4.79 Å². The van der Waals surface area contributed by atoms with E-state index in [1.807, 2.05) is 36.9 Å². The molecule has 2 N–H and O–H groups in total. The zero-order chi connectivity index (χ0) is 11.9. The van der Waals surface area contributed by atoms with Crippen LogP contribution in [0.3, 0.4) is 0 Å². The number of hydrogen-bond acceptors (Lipinski definition) is 2. The van der Waals surface area contributed by atoms with E-state index in [0.29, 0.717) is 5.69 Å². The minimum absolute atomic E-state index is 0.155. The molecule has 1 aromatic carbocycles. The van der Waals surface area contributed by atoms with Crippen molar-refractivity contribution in [2.24, 2.45) is 0 Å². The third-order valence-corrected chi connectivity index (χ3v) is 3.24. The van der Waals surface area contributed by atoms with Crippen molar-refractivity contribution in [1.29, 1.82) is 0 Å². The zero-order valence-corrected chi connectivity index (χ0v) is 10.1. The van der Waals surface area contributed by atoms with Crippen LogP contribution in [-0.2, 0) is 10.2 Å². The smallest absolute Gasteiger partial charge is 0.237 e. The van der Waals surface area contributed by atoms with Crippen LogP contribution in [0.5, 0.6) is 0 Å². The lowest BCUT2D eigenvalue weighted by molar-refractivity contribution is -0.122. The largest absolute Gasteiger partial charge is 0.397 e. The van der Waals surface area contributed by atoms with Crippen molar-refractivity contribution < 1.29 is 4.79 Å². The van der Waals surface area contributed by atoms with Gasteiger partial charge in [-0.25, -0.2) is 0 Å². The first-order chi connectivity index (χ1) is 7.50. The van der Waals surface area contributed by atoms with Crippen LogP contribution in [0.1, 0.15) is 32.8 Å². The second-order valence-corrected chi connectivity index (χ2v) is 4.83. The normalized spacial score (nSPS) is 17.7. The predicted molar refractivity (Wildman–Crippen MR) is 66.5 cm³/mol. The molecule has 3 heteroatoms. The molecule has 1 aromatic rings. The van der Waals surface area contributed by atoms with E-state index in [9.17, 15) is 4.79 Å². The minimum Gasteiger partial charge on any atom is -0.397 e. The highest BCUT2D eigenvalue weighted by molar-refractivity contribution is 6.10. The number of rotatable bonds is 2. The summed E-state index contributed by atoms with van der Waals surface area (Å²) in [6.45, 7) is 6.73. The molecule has 1 aliphatic heterocycles. The highest BCUT2D eigenvalue weighted by Gasteiger charge is 2.44. The Morgan fingerprint density at radius 3 is 2.69 bits per heavy atom. The molecule has 16 heavy (non-hydrogen) atoms. The van der Waals surface area contributed by atoms with E-state index in [0.717, 1.165) is 24.2 Å². The topological polar surface area (TPSA) is 46.3 Å². The van der Waals surface area contributed by atoms with Crippen LogP contribution in [0.2, 0.25) is 0 Å². The molecule has 0 radical (unpaired) electrons. The highest BCUT2D eigenvalue weighted by Crippen LogP contribution is 2.44. The van der Waals surface area contributed by atoms with Crippen molar-refractivity contribution in [3.8, 4) is 0 Å². The van der Waals surface area contributed by atoms with Crippen molar-refractivity contribution in [2.45, 2.75) is 32.6 Å². The molecule has 1 amide bonds. The molecule has 0 bridgehead atoms. The Kier molecular flexibility index (Phi) is 2.41. The molecule has 0 unspecified atom stereocenters. The molecule has 86 valence electrons. The molecule has 0 spiro atoms. The first-order valence-electron chi connectivity index (χ1n) is 5.71. The van der Waals surface area contributed by atoms with Crippen molar-refractivity contribution in [3.63, 3.8) is 0 Å². The maximum absolute atomic E-state index is 12.3. The average molecular weight is 218 g/mol. The number of hydrogen-bond donors (Lipinski definition) is 1. The Hall–Kier alpha value is -1.51. The zero-order valence-electron chi connectivity index (χ0n) is 10.1. The fourth-order valence-electron chi connectivity index (χ4n) is 2.36. The third kappa shape index (κ3) is 1.31. The maximum atomic E-state index is 12.3.